The molecule has 0 fully saturated rings. The normalized spacial score (nSPS) is 12.4. The summed E-state index contributed by atoms with van der Waals surface area (Å²) in [6.45, 7) is 8.72. The van der Waals surface area contributed by atoms with Crippen LogP contribution in [0.4, 0.5) is 10.1 Å². The molecule has 0 radical (unpaired) electrons. The molecule has 0 spiro atoms. The zero-order valence-electron chi connectivity index (χ0n) is 27.0. The van der Waals surface area contributed by atoms with Crippen LogP contribution in [-0.4, -0.2) is 43.3 Å². The molecule has 0 bridgehead atoms. The van der Waals surface area contributed by atoms with Crippen molar-refractivity contribution in [2.45, 2.75) is 70.0 Å². The first-order chi connectivity index (χ1) is 21.8. The van der Waals surface area contributed by atoms with Gasteiger partial charge in [-0.25, -0.2) is 12.8 Å². The van der Waals surface area contributed by atoms with Crippen LogP contribution in [0.1, 0.15) is 57.2 Å². The summed E-state index contributed by atoms with van der Waals surface area (Å²) in [5.41, 5.74) is 1.68. The highest BCUT2D eigenvalue weighted by molar-refractivity contribution is 7.92. The Labute approximate surface area is 272 Å². The summed E-state index contributed by atoms with van der Waals surface area (Å²) in [5.74, 6) is -1.40. The molecule has 0 saturated carbocycles. The Kier molecular flexibility index (Phi) is 11.0. The fourth-order valence-corrected chi connectivity index (χ4v) is 6.53. The maximum Gasteiger partial charge on any atom is 0.264 e. The van der Waals surface area contributed by atoms with Crippen molar-refractivity contribution in [1.82, 2.24) is 10.2 Å². The average molecular weight is 644 g/mol. The summed E-state index contributed by atoms with van der Waals surface area (Å²) < 4.78 is 44.4. The van der Waals surface area contributed by atoms with Crippen molar-refractivity contribution in [1.29, 1.82) is 0 Å². The molecule has 46 heavy (non-hydrogen) atoms. The van der Waals surface area contributed by atoms with Gasteiger partial charge in [0.2, 0.25) is 11.8 Å². The van der Waals surface area contributed by atoms with Crippen molar-refractivity contribution in [3.63, 3.8) is 0 Å². The molecule has 0 saturated heterocycles. The van der Waals surface area contributed by atoms with E-state index in [-0.39, 0.29) is 29.3 Å². The molecular formula is C37H42FN3O4S. The van der Waals surface area contributed by atoms with Crippen molar-refractivity contribution in [3.05, 3.63) is 132 Å². The van der Waals surface area contributed by atoms with Gasteiger partial charge in [-0.05, 0) is 68.1 Å². The predicted octanol–water partition coefficient (Wildman–Crippen LogP) is 6.70. The van der Waals surface area contributed by atoms with E-state index in [1.165, 1.54) is 23.1 Å². The number of amides is 2. The number of carbonyl (C=O) groups excluding carboxylic acids is 2. The molecule has 1 atom stereocenters. The van der Waals surface area contributed by atoms with Gasteiger partial charge >= 0.3 is 0 Å². The minimum Gasteiger partial charge on any atom is -0.350 e. The molecule has 9 heteroatoms. The van der Waals surface area contributed by atoms with Crippen LogP contribution in [0.5, 0.6) is 0 Å². The van der Waals surface area contributed by atoms with Crippen LogP contribution in [0, 0.1) is 5.82 Å². The number of benzene rings is 4. The lowest BCUT2D eigenvalue weighted by atomic mass is 10.0. The van der Waals surface area contributed by atoms with E-state index >= 15 is 4.39 Å². The van der Waals surface area contributed by atoms with E-state index < -0.39 is 45.8 Å². The first-order valence-corrected chi connectivity index (χ1v) is 16.8. The smallest absolute Gasteiger partial charge is 0.264 e. The van der Waals surface area contributed by atoms with E-state index in [0.717, 1.165) is 15.4 Å². The number of halogens is 1. The lowest BCUT2D eigenvalue weighted by Crippen LogP contribution is -2.56. The molecule has 7 nitrogen and oxygen atoms in total. The average Bonchev–Trinajstić information content (AvgIpc) is 3.02. The lowest BCUT2D eigenvalue weighted by molar-refractivity contribution is -0.140. The van der Waals surface area contributed by atoms with E-state index in [9.17, 15) is 18.0 Å². The number of hydrogen-bond acceptors (Lipinski definition) is 4. The standard InChI is InChI=1S/C37H42FN3O4S/c1-27(2)29-20-22-31(23-21-29)41(46(44,45)32-17-10-7-11-18-32)26-35(42)40(25-30-16-12-13-19-33(30)38)34(36(43)39-37(3,4)5)24-28-14-8-6-9-15-28/h6-23,27,34H,24-26H2,1-5H3,(H,39,43). The Hall–Kier alpha value is -4.50. The second-order valence-corrected chi connectivity index (χ2v) is 14.5. The number of anilines is 1. The summed E-state index contributed by atoms with van der Waals surface area (Å²) >= 11 is 0. The Bertz CT molecular complexity index is 1720. The van der Waals surface area contributed by atoms with Gasteiger partial charge in [-0.15, -0.1) is 0 Å². The molecule has 1 N–H and O–H groups in total. The van der Waals surface area contributed by atoms with Gasteiger partial charge in [0.05, 0.1) is 10.6 Å². The highest BCUT2D eigenvalue weighted by Gasteiger charge is 2.36. The van der Waals surface area contributed by atoms with Crippen LogP contribution in [0.15, 0.2) is 114 Å². The second kappa shape index (κ2) is 14.7. The van der Waals surface area contributed by atoms with Crippen molar-refractivity contribution in [3.8, 4) is 0 Å². The van der Waals surface area contributed by atoms with Crippen LogP contribution in [0.3, 0.4) is 0 Å². The van der Waals surface area contributed by atoms with Gasteiger partial charge in [-0.3, -0.25) is 13.9 Å². The topological polar surface area (TPSA) is 86.8 Å². The third kappa shape index (κ3) is 8.81. The monoisotopic (exact) mass is 643 g/mol. The van der Waals surface area contributed by atoms with Gasteiger partial charge in [-0.2, -0.15) is 0 Å². The summed E-state index contributed by atoms with van der Waals surface area (Å²) in [6, 6.07) is 29.1. The predicted molar refractivity (Wildman–Crippen MR) is 180 cm³/mol. The number of nitrogens with zero attached hydrogens (tertiary/aromatic N) is 2. The first kappa shape index (κ1) is 34.4. The highest BCUT2D eigenvalue weighted by Crippen LogP contribution is 2.27. The van der Waals surface area contributed by atoms with Crippen LogP contribution >= 0.6 is 0 Å². The summed E-state index contributed by atoms with van der Waals surface area (Å²) in [6.07, 6.45) is 0.136. The summed E-state index contributed by atoms with van der Waals surface area (Å²) in [4.78, 5) is 29.8. The Morgan fingerprint density at radius 3 is 1.93 bits per heavy atom. The Morgan fingerprint density at radius 2 is 1.37 bits per heavy atom. The number of sulfonamides is 1. The van der Waals surface area contributed by atoms with Gasteiger partial charge < -0.3 is 10.2 Å². The SMILES string of the molecule is CC(C)c1ccc(N(CC(=O)N(Cc2ccccc2F)C(Cc2ccccc2)C(=O)NC(C)(C)C)S(=O)(=O)c2ccccc2)cc1. The van der Waals surface area contributed by atoms with Crippen LogP contribution < -0.4 is 9.62 Å². The molecule has 1 unspecified atom stereocenters. The maximum absolute atomic E-state index is 15.1. The van der Waals surface area contributed by atoms with Crippen molar-refractivity contribution < 1.29 is 22.4 Å². The van der Waals surface area contributed by atoms with Crippen LogP contribution in [0.2, 0.25) is 0 Å². The minimum atomic E-state index is -4.22. The van der Waals surface area contributed by atoms with E-state index in [2.05, 4.69) is 5.32 Å². The van der Waals surface area contributed by atoms with Gasteiger partial charge in [0, 0.05) is 24.1 Å². The van der Waals surface area contributed by atoms with Crippen molar-refractivity contribution in [2.75, 3.05) is 10.8 Å². The van der Waals surface area contributed by atoms with E-state index in [0.29, 0.717) is 5.69 Å². The summed E-state index contributed by atoms with van der Waals surface area (Å²) in [5, 5.41) is 2.97. The van der Waals surface area contributed by atoms with Gasteiger partial charge in [0.15, 0.2) is 0 Å². The molecule has 0 heterocycles. The first-order valence-electron chi connectivity index (χ1n) is 15.3. The molecule has 242 valence electrons. The molecule has 2 amide bonds. The molecule has 4 aromatic rings. The Balaban J connectivity index is 1.83. The molecule has 0 aliphatic heterocycles. The van der Waals surface area contributed by atoms with Gasteiger partial charge in [0.1, 0.15) is 18.4 Å². The van der Waals surface area contributed by atoms with Crippen LogP contribution in [0.25, 0.3) is 0 Å². The third-order valence-corrected chi connectivity index (χ3v) is 9.31. The zero-order valence-corrected chi connectivity index (χ0v) is 27.8. The number of nitrogens with one attached hydrogen (secondary N) is 1. The van der Waals surface area contributed by atoms with Gasteiger partial charge in [0.25, 0.3) is 10.0 Å². The fraction of sp³-hybridized carbons (Fsp3) is 0.297. The largest absolute Gasteiger partial charge is 0.350 e. The lowest BCUT2D eigenvalue weighted by Gasteiger charge is -2.35. The maximum atomic E-state index is 15.1. The molecule has 0 aliphatic rings. The van der Waals surface area contributed by atoms with Crippen LogP contribution in [-0.2, 0) is 32.6 Å². The van der Waals surface area contributed by atoms with E-state index in [1.807, 2.05) is 77.1 Å². The quantitative estimate of drug-likeness (QED) is 0.186. The van der Waals surface area contributed by atoms with E-state index in [1.54, 1.807) is 48.5 Å². The minimum absolute atomic E-state index is 0.0164. The third-order valence-electron chi connectivity index (χ3n) is 7.53. The zero-order chi connectivity index (χ0) is 33.5. The Morgan fingerprint density at radius 1 is 0.804 bits per heavy atom. The molecule has 0 aliphatic carbocycles. The molecule has 4 rings (SSSR count). The van der Waals surface area contributed by atoms with Crippen molar-refractivity contribution >= 4 is 27.5 Å². The second-order valence-electron chi connectivity index (χ2n) is 12.6. The number of carbonyl (C=O) groups is 2. The van der Waals surface area contributed by atoms with Gasteiger partial charge in [-0.1, -0.05) is 92.7 Å². The molecule has 4 aromatic carbocycles. The number of rotatable bonds is 12. The van der Waals surface area contributed by atoms with E-state index in [4.69, 9.17) is 0 Å². The number of hydrogen-bond donors (Lipinski definition) is 1. The fourth-order valence-electron chi connectivity index (χ4n) is 5.09. The molecule has 0 aromatic heterocycles. The highest BCUT2D eigenvalue weighted by atomic mass is 32.2. The van der Waals surface area contributed by atoms with Crippen molar-refractivity contribution in [2.24, 2.45) is 0 Å². The molecular weight excluding hydrogens is 601 g/mol. The summed E-state index contributed by atoms with van der Waals surface area (Å²) in [7, 11) is -4.22.